The zero-order valence-electron chi connectivity index (χ0n) is 12.1. The van der Waals surface area contributed by atoms with Gasteiger partial charge in [-0.3, -0.25) is 10.3 Å². The molecule has 0 bridgehead atoms. The molecular formula is C14H20F3N3O. The molecule has 3 N–H and O–H groups in total. The summed E-state index contributed by atoms with van der Waals surface area (Å²) in [6.07, 6.45) is -4.21. The monoisotopic (exact) mass is 303 g/mol. The number of nitrogens with zero attached hydrogens (tertiary/aromatic N) is 1. The van der Waals surface area contributed by atoms with Crippen molar-refractivity contribution in [3.63, 3.8) is 0 Å². The second-order valence-electron chi connectivity index (χ2n) is 5.03. The molecule has 0 atom stereocenters. The molecule has 0 aliphatic heterocycles. The highest BCUT2D eigenvalue weighted by atomic mass is 19.4. The summed E-state index contributed by atoms with van der Waals surface area (Å²) in [7, 11) is 0. The molecule has 0 saturated carbocycles. The van der Waals surface area contributed by atoms with E-state index >= 15 is 0 Å². The van der Waals surface area contributed by atoms with E-state index in [2.05, 4.69) is 9.64 Å². The molecule has 1 rings (SSSR count). The predicted octanol–water partition coefficient (Wildman–Crippen LogP) is 3.12. The van der Waals surface area contributed by atoms with Crippen LogP contribution in [0.1, 0.15) is 25.8 Å². The van der Waals surface area contributed by atoms with Crippen LogP contribution in [0, 0.1) is 5.41 Å². The van der Waals surface area contributed by atoms with E-state index in [-0.39, 0.29) is 17.6 Å². The Morgan fingerprint density at radius 1 is 1.29 bits per heavy atom. The molecule has 118 valence electrons. The Bertz CT molecular complexity index is 458. The fourth-order valence-electron chi connectivity index (χ4n) is 1.81. The Morgan fingerprint density at radius 2 is 1.86 bits per heavy atom. The first kappa shape index (κ1) is 17.3. The van der Waals surface area contributed by atoms with Crippen molar-refractivity contribution in [1.82, 2.24) is 4.90 Å². The lowest BCUT2D eigenvalue weighted by atomic mass is 10.1. The van der Waals surface area contributed by atoms with E-state index < -0.39 is 6.36 Å². The first-order valence-electron chi connectivity index (χ1n) is 6.59. The number of hydrogen-bond acceptors (Lipinski definition) is 3. The smallest absolute Gasteiger partial charge is 0.406 e. The summed E-state index contributed by atoms with van der Waals surface area (Å²) in [5.41, 5.74) is 6.22. The SMILES string of the molecule is CC(C)N(CCC(=N)N)Cc1ccc(OC(F)(F)F)cc1. The Kier molecular flexibility index (Phi) is 6.02. The van der Waals surface area contributed by atoms with Crippen LogP contribution in [0.15, 0.2) is 24.3 Å². The van der Waals surface area contributed by atoms with E-state index in [1.807, 2.05) is 13.8 Å². The molecule has 0 aromatic heterocycles. The Labute approximate surface area is 122 Å². The van der Waals surface area contributed by atoms with Gasteiger partial charge in [-0.25, -0.2) is 0 Å². The van der Waals surface area contributed by atoms with Gasteiger partial charge in [0.2, 0.25) is 0 Å². The molecule has 0 fully saturated rings. The topological polar surface area (TPSA) is 62.3 Å². The van der Waals surface area contributed by atoms with Gasteiger partial charge in [0.15, 0.2) is 0 Å². The number of alkyl halides is 3. The van der Waals surface area contributed by atoms with E-state index in [0.717, 1.165) is 5.56 Å². The number of nitrogens with one attached hydrogen (secondary N) is 1. The molecule has 4 nitrogen and oxygen atoms in total. The van der Waals surface area contributed by atoms with Crippen LogP contribution in [-0.4, -0.2) is 29.7 Å². The highest BCUT2D eigenvalue weighted by Gasteiger charge is 2.30. The highest BCUT2D eigenvalue weighted by molar-refractivity contribution is 5.76. The molecule has 0 spiro atoms. The van der Waals surface area contributed by atoms with Crippen molar-refractivity contribution in [3.05, 3.63) is 29.8 Å². The van der Waals surface area contributed by atoms with Crippen LogP contribution in [0.5, 0.6) is 5.75 Å². The minimum absolute atomic E-state index is 0.120. The summed E-state index contributed by atoms with van der Waals surface area (Å²) in [4.78, 5) is 2.10. The van der Waals surface area contributed by atoms with Crippen LogP contribution in [0.4, 0.5) is 13.2 Å². The van der Waals surface area contributed by atoms with Gasteiger partial charge in [0.05, 0.1) is 5.84 Å². The quantitative estimate of drug-likeness (QED) is 0.601. The molecule has 0 unspecified atom stereocenters. The van der Waals surface area contributed by atoms with E-state index in [9.17, 15) is 13.2 Å². The normalized spacial score (nSPS) is 12.0. The average Bonchev–Trinajstić information content (AvgIpc) is 2.34. The number of nitrogens with two attached hydrogens (primary N) is 1. The summed E-state index contributed by atoms with van der Waals surface area (Å²) in [5.74, 6) is -0.111. The number of halogens is 3. The number of benzene rings is 1. The van der Waals surface area contributed by atoms with Gasteiger partial charge in [-0.1, -0.05) is 12.1 Å². The lowest BCUT2D eigenvalue weighted by molar-refractivity contribution is -0.274. The molecule has 0 aliphatic rings. The molecule has 0 heterocycles. The van der Waals surface area contributed by atoms with E-state index in [4.69, 9.17) is 11.1 Å². The second-order valence-corrected chi connectivity index (χ2v) is 5.03. The Hall–Kier alpha value is -1.76. The summed E-state index contributed by atoms with van der Waals surface area (Å²) in [6.45, 7) is 5.24. The molecule has 0 amide bonds. The molecule has 0 radical (unpaired) electrons. The van der Waals surface area contributed by atoms with E-state index in [1.165, 1.54) is 12.1 Å². The molecule has 0 aliphatic carbocycles. The molecule has 1 aromatic rings. The van der Waals surface area contributed by atoms with Crippen molar-refractivity contribution >= 4 is 5.84 Å². The van der Waals surface area contributed by atoms with Crippen LogP contribution < -0.4 is 10.5 Å². The van der Waals surface area contributed by atoms with Crippen molar-refractivity contribution < 1.29 is 17.9 Å². The van der Waals surface area contributed by atoms with Crippen LogP contribution >= 0.6 is 0 Å². The maximum absolute atomic E-state index is 12.1. The van der Waals surface area contributed by atoms with Gasteiger partial charge in [-0.15, -0.1) is 13.2 Å². The van der Waals surface area contributed by atoms with Gasteiger partial charge >= 0.3 is 6.36 Å². The van der Waals surface area contributed by atoms with Crippen molar-refractivity contribution in [1.29, 1.82) is 5.41 Å². The summed E-state index contributed by atoms with van der Waals surface area (Å²) < 4.78 is 40.0. The molecule has 7 heteroatoms. The maximum Gasteiger partial charge on any atom is 0.573 e. The fraction of sp³-hybridized carbons (Fsp3) is 0.500. The first-order valence-corrected chi connectivity index (χ1v) is 6.59. The van der Waals surface area contributed by atoms with Gasteiger partial charge in [0.25, 0.3) is 0 Å². The average molecular weight is 303 g/mol. The molecular weight excluding hydrogens is 283 g/mol. The second kappa shape index (κ2) is 7.31. The van der Waals surface area contributed by atoms with Crippen LogP contribution in [0.25, 0.3) is 0 Å². The van der Waals surface area contributed by atoms with Gasteiger partial charge in [-0.05, 0) is 31.5 Å². The Morgan fingerprint density at radius 3 is 2.29 bits per heavy atom. The molecule has 21 heavy (non-hydrogen) atoms. The van der Waals surface area contributed by atoms with E-state index in [1.54, 1.807) is 12.1 Å². The predicted molar refractivity (Wildman–Crippen MR) is 75.2 cm³/mol. The van der Waals surface area contributed by atoms with Crippen molar-refractivity contribution in [2.45, 2.75) is 39.2 Å². The van der Waals surface area contributed by atoms with Crippen LogP contribution in [0.3, 0.4) is 0 Å². The Balaban J connectivity index is 2.65. The van der Waals surface area contributed by atoms with E-state index in [0.29, 0.717) is 19.5 Å². The molecule has 0 saturated heterocycles. The number of amidine groups is 1. The fourth-order valence-corrected chi connectivity index (χ4v) is 1.81. The largest absolute Gasteiger partial charge is 0.573 e. The van der Waals surface area contributed by atoms with Crippen molar-refractivity contribution in [2.24, 2.45) is 5.73 Å². The zero-order chi connectivity index (χ0) is 16.0. The van der Waals surface area contributed by atoms with Crippen molar-refractivity contribution in [3.8, 4) is 5.75 Å². The summed E-state index contributed by atoms with van der Waals surface area (Å²) in [6, 6.07) is 6.04. The van der Waals surface area contributed by atoms with Gasteiger partial charge < -0.3 is 10.5 Å². The lowest BCUT2D eigenvalue weighted by Gasteiger charge is -2.26. The maximum atomic E-state index is 12.1. The zero-order valence-corrected chi connectivity index (χ0v) is 12.1. The summed E-state index contributed by atoms with van der Waals surface area (Å²) in [5, 5.41) is 7.25. The number of hydrogen-bond donors (Lipinski definition) is 2. The lowest BCUT2D eigenvalue weighted by Crippen LogP contribution is -2.33. The minimum Gasteiger partial charge on any atom is -0.406 e. The highest BCUT2D eigenvalue weighted by Crippen LogP contribution is 2.23. The third-order valence-corrected chi connectivity index (χ3v) is 2.94. The van der Waals surface area contributed by atoms with Gasteiger partial charge in [-0.2, -0.15) is 0 Å². The number of ether oxygens (including phenoxy) is 1. The van der Waals surface area contributed by atoms with Gasteiger partial charge in [0, 0.05) is 25.6 Å². The third kappa shape index (κ3) is 6.99. The standard InChI is InChI=1S/C14H20F3N3O/c1-10(2)20(8-7-13(18)19)9-11-3-5-12(6-4-11)21-14(15,16)17/h3-6,10H,7-9H2,1-2H3,(H3,18,19). The third-order valence-electron chi connectivity index (χ3n) is 2.94. The van der Waals surface area contributed by atoms with Crippen LogP contribution in [-0.2, 0) is 6.54 Å². The minimum atomic E-state index is -4.67. The van der Waals surface area contributed by atoms with Crippen molar-refractivity contribution in [2.75, 3.05) is 6.54 Å². The first-order chi connectivity index (χ1) is 9.67. The summed E-state index contributed by atoms with van der Waals surface area (Å²) >= 11 is 0. The van der Waals surface area contributed by atoms with Gasteiger partial charge in [0.1, 0.15) is 5.75 Å². The molecule has 1 aromatic carbocycles. The number of rotatable bonds is 7. The van der Waals surface area contributed by atoms with Crippen LogP contribution in [0.2, 0.25) is 0 Å².